The van der Waals surface area contributed by atoms with Gasteiger partial charge in [0.2, 0.25) is 0 Å². The van der Waals surface area contributed by atoms with E-state index in [1.807, 2.05) is 0 Å². The van der Waals surface area contributed by atoms with Crippen LogP contribution in [0.1, 0.15) is 18.4 Å². The molecule has 0 bridgehead atoms. The molecule has 0 aliphatic heterocycles. The number of hydrogen-bond acceptors (Lipinski definition) is 1. The number of nitrogens with one attached hydrogen (secondary N) is 1. The van der Waals surface area contributed by atoms with Crippen LogP contribution in [0.15, 0.2) is 23.2 Å². The van der Waals surface area contributed by atoms with E-state index in [0.717, 1.165) is 12.8 Å². The third-order valence-electron chi connectivity index (χ3n) is 2.63. The first-order valence-corrected chi connectivity index (χ1v) is 6.04. The molecule has 3 nitrogen and oxygen atoms in total. The molecule has 0 spiro atoms. The fourth-order valence-corrected chi connectivity index (χ4v) is 1.80. The summed E-state index contributed by atoms with van der Waals surface area (Å²) in [5.74, 6) is 0.140. The van der Waals surface area contributed by atoms with E-state index in [2.05, 4.69) is 10.3 Å². The molecule has 0 radical (unpaired) electrons. The molecule has 1 aromatic carbocycles. The van der Waals surface area contributed by atoms with Gasteiger partial charge in [0.15, 0.2) is 5.96 Å². The monoisotopic (exact) mass is 383 g/mol. The first-order chi connectivity index (χ1) is 8.16. The fraction of sp³-hybridized carbons (Fsp3) is 0.417. The molecule has 0 saturated heterocycles. The van der Waals surface area contributed by atoms with E-state index < -0.39 is 0 Å². The van der Waals surface area contributed by atoms with E-state index in [1.165, 1.54) is 6.07 Å². The van der Waals surface area contributed by atoms with Crippen LogP contribution in [0.4, 0.5) is 4.39 Å². The number of halogens is 3. The van der Waals surface area contributed by atoms with Crippen LogP contribution in [0.5, 0.6) is 0 Å². The number of guanidine groups is 1. The average Bonchev–Trinajstić information content (AvgIpc) is 3.06. The van der Waals surface area contributed by atoms with Gasteiger partial charge in [-0.2, -0.15) is 0 Å². The molecule has 18 heavy (non-hydrogen) atoms. The average molecular weight is 384 g/mol. The van der Waals surface area contributed by atoms with Gasteiger partial charge in [0.25, 0.3) is 0 Å². The summed E-state index contributed by atoms with van der Waals surface area (Å²) >= 11 is 5.90. The first kappa shape index (κ1) is 15.5. The zero-order chi connectivity index (χ0) is 12.3. The van der Waals surface area contributed by atoms with Crippen molar-refractivity contribution >= 4 is 41.5 Å². The van der Waals surface area contributed by atoms with Crippen LogP contribution in [0.3, 0.4) is 0 Å². The molecule has 0 atom stereocenters. The van der Waals surface area contributed by atoms with Crippen molar-refractivity contribution in [2.24, 2.45) is 10.7 Å². The summed E-state index contributed by atoms with van der Waals surface area (Å²) in [6.07, 6.45) is 2.75. The Balaban J connectivity index is 0.00000162. The molecule has 3 N–H and O–H groups in total. The molecule has 6 heteroatoms. The van der Waals surface area contributed by atoms with Gasteiger partial charge < -0.3 is 11.1 Å². The molecule has 1 saturated carbocycles. The zero-order valence-corrected chi connectivity index (χ0v) is 12.9. The van der Waals surface area contributed by atoms with Crippen LogP contribution in [-0.4, -0.2) is 18.5 Å². The second-order valence-corrected chi connectivity index (χ2v) is 4.54. The minimum atomic E-state index is -0.290. The highest BCUT2D eigenvalue weighted by Crippen LogP contribution is 2.19. The Morgan fingerprint density at radius 1 is 1.50 bits per heavy atom. The van der Waals surface area contributed by atoms with Gasteiger partial charge in [-0.1, -0.05) is 17.7 Å². The Bertz CT molecular complexity index is 415. The SMILES string of the molecule is I.NC(=NCCc1c(F)cccc1Cl)NC1CC1. The van der Waals surface area contributed by atoms with Crippen molar-refractivity contribution in [2.75, 3.05) is 6.54 Å². The standard InChI is InChI=1S/C12H15ClFN3.HI/c13-10-2-1-3-11(14)9(10)6-7-16-12(15)17-8-4-5-8;/h1-3,8H,4-7H2,(H3,15,16,17);1H. The van der Waals surface area contributed by atoms with E-state index in [0.29, 0.717) is 35.6 Å². The number of rotatable bonds is 4. The quantitative estimate of drug-likeness (QED) is 0.477. The number of aliphatic imine (C=N–C) groups is 1. The number of benzene rings is 1. The number of hydrogen-bond donors (Lipinski definition) is 2. The van der Waals surface area contributed by atoms with E-state index >= 15 is 0 Å². The third-order valence-corrected chi connectivity index (χ3v) is 2.99. The van der Waals surface area contributed by atoms with Gasteiger partial charge in [-0.15, -0.1) is 24.0 Å². The van der Waals surface area contributed by atoms with Crippen LogP contribution in [0.25, 0.3) is 0 Å². The smallest absolute Gasteiger partial charge is 0.188 e. The Morgan fingerprint density at radius 2 is 2.22 bits per heavy atom. The van der Waals surface area contributed by atoms with Gasteiger partial charge in [-0.25, -0.2) is 4.39 Å². The van der Waals surface area contributed by atoms with Crippen molar-refractivity contribution in [1.29, 1.82) is 0 Å². The Hall–Kier alpha value is -0.560. The third kappa shape index (κ3) is 4.61. The van der Waals surface area contributed by atoms with E-state index in [-0.39, 0.29) is 29.8 Å². The van der Waals surface area contributed by atoms with Gasteiger partial charge in [0.1, 0.15) is 5.82 Å². The highest BCUT2D eigenvalue weighted by molar-refractivity contribution is 14.0. The minimum absolute atomic E-state index is 0. The summed E-state index contributed by atoms with van der Waals surface area (Å²) in [5, 5.41) is 3.51. The molecule has 1 fully saturated rings. The maximum atomic E-state index is 13.4. The molecular weight excluding hydrogens is 368 g/mol. The summed E-state index contributed by atoms with van der Waals surface area (Å²) < 4.78 is 13.4. The lowest BCUT2D eigenvalue weighted by Gasteiger charge is -2.05. The summed E-state index contributed by atoms with van der Waals surface area (Å²) in [5.41, 5.74) is 6.16. The van der Waals surface area contributed by atoms with Gasteiger partial charge in [-0.3, -0.25) is 4.99 Å². The summed E-state index contributed by atoms with van der Waals surface area (Å²) in [6.45, 7) is 0.437. The van der Waals surface area contributed by atoms with Gasteiger partial charge in [0, 0.05) is 23.2 Å². The van der Waals surface area contributed by atoms with Crippen molar-refractivity contribution in [3.8, 4) is 0 Å². The van der Waals surface area contributed by atoms with E-state index in [4.69, 9.17) is 17.3 Å². The Morgan fingerprint density at radius 3 is 2.83 bits per heavy atom. The van der Waals surface area contributed by atoms with Crippen molar-refractivity contribution in [1.82, 2.24) is 5.32 Å². The predicted molar refractivity (Wildman–Crippen MR) is 83.2 cm³/mol. The summed E-state index contributed by atoms with van der Waals surface area (Å²) in [7, 11) is 0. The van der Waals surface area contributed by atoms with Crippen molar-refractivity contribution in [3.63, 3.8) is 0 Å². The molecule has 0 heterocycles. The van der Waals surface area contributed by atoms with Crippen LogP contribution in [0.2, 0.25) is 5.02 Å². The molecule has 0 unspecified atom stereocenters. The number of nitrogens with zero attached hydrogens (tertiary/aromatic N) is 1. The highest BCUT2D eigenvalue weighted by atomic mass is 127. The van der Waals surface area contributed by atoms with Crippen LogP contribution >= 0.6 is 35.6 Å². The van der Waals surface area contributed by atoms with Crippen LogP contribution < -0.4 is 11.1 Å². The zero-order valence-electron chi connectivity index (χ0n) is 9.83. The van der Waals surface area contributed by atoms with Crippen LogP contribution in [-0.2, 0) is 6.42 Å². The predicted octanol–water partition coefficient (Wildman–Crippen LogP) is 2.71. The molecule has 0 aromatic heterocycles. The molecule has 2 rings (SSSR count). The minimum Gasteiger partial charge on any atom is -0.370 e. The summed E-state index contributed by atoms with van der Waals surface area (Å²) in [6, 6.07) is 5.15. The lowest BCUT2D eigenvalue weighted by molar-refractivity contribution is 0.609. The first-order valence-electron chi connectivity index (χ1n) is 5.66. The maximum Gasteiger partial charge on any atom is 0.188 e. The molecular formula is C12H16ClFIN3. The number of nitrogens with two attached hydrogens (primary N) is 1. The Kier molecular flexibility index (Phi) is 6.14. The maximum absolute atomic E-state index is 13.4. The second kappa shape index (κ2) is 7.13. The van der Waals surface area contributed by atoms with Gasteiger partial charge >= 0.3 is 0 Å². The molecule has 100 valence electrons. The lowest BCUT2D eigenvalue weighted by atomic mass is 10.1. The molecule has 1 aliphatic rings. The molecule has 1 aromatic rings. The lowest BCUT2D eigenvalue weighted by Crippen LogP contribution is -2.33. The van der Waals surface area contributed by atoms with E-state index in [9.17, 15) is 4.39 Å². The second-order valence-electron chi connectivity index (χ2n) is 4.14. The summed E-state index contributed by atoms with van der Waals surface area (Å²) in [4.78, 5) is 4.14. The highest BCUT2D eigenvalue weighted by Gasteiger charge is 2.21. The fourth-order valence-electron chi connectivity index (χ4n) is 1.54. The molecule has 1 aliphatic carbocycles. The van der Waals surface area contributed by atoms with Crippen molar-refractivity contribution < 1.29 is 4.39 Å². The largest absolute Gasteiger partial charge is 0.370 e. The normalized spacial score (nSPS) is 15.1. The topological polar surface area (TPSA) is 50.4 Å². The Labute approximate surface area is 128 Å². The molecule has 0 amide bonds. The van der Waals surface area contributed by atoms with E-state index in [1.54, 1.807) is 12.1 Å². The van der Waals surface area contributed by atoms with Gasteiger partial charge in [0.05, 0.1) is 0 Å². The van der Waals surface area contributed by atoms with Crippen LogP contribution in [0, 0.1) is 5.82 Å². The van der Waals surface area contributed by atoms with Gasteiger partial charge in [-0.05, 0) is 31.4 Å². The van der Waals surface area contributed by atoms with Crippen molar-refractivity contribution in [2.45, 2.75) is 25.3 Å². The van der Waals surface area contributed by atoms with Crippen molar-refractivity contribution in [3.05, 3.63) is 34.6 Å².